The highest BCUT2D eigenvalue weighted by Gasteiger charge is 2.30. The molecular weight excluding hydrogens is 324 g/mol. The first-order valence-corrected chi connectivity index (χ1v) is 11.9. The number of hydrogen-bond donors (Lipinski definition) is 0. The average Bonchev–Trinajstić information content (AvgIpc) is 2.73. The average molecular weight is 365 g/mol. The molecule has 1 aromatic carbocycles. The molecule has 3 rings (SSSR count). The SMILES string of the molecule is CCCCc1ccc(C#CC2CCC(C3CCC(CCC)CC3)CC2)cc1. The molecule has 0 nitrogen and oxygen atoms in total. The Kier molecular flexibility index (Phi) is 8.32. The fourth-order valence-corrected chi connectivity index (χ4v) is 5.41. The molecule has 2 saturated carbocycles. The predicted octanol–water partition coefficient (Wildman–Crippen LogP) is 7.79. The first-order chi connectivity index (χ1) is 13.3. The molecule has 0 N–H and O–H groups in total. The van der Waals surface area contributed by atoms with E-state index in [2.05, 4.69) is 50.0 Å². The van der Waals surface area contributed by atoms with E-state index >= 15 is 0 Å². The molecule has 0 atom stereocenters. The van der Waals surface area contributed by atoms with Gasteiger partial charge in [0.2, 0.25) is 0 Å². The van der Waals surface area contributed by atoms with Crippen LogP contribution < -0.4 is 0 Å². The van der Waals surface area contributed by atoms with Crippen LogP contribution in [0.4, 0.5) is 0 Å². The van der Waals surface area contributed by atoms with Gasteiger partial charge in [-0.2, -0.15) is 0 Å². The van der Waals surface area contributed by atoms with E-state index in [-0.39, 0.29) is 0 Å². The molecule has 2 aliphatic rings. The van der Waals surface area contributed by atoms with Crippen LogP contribution in [0.25, 0.3) is 0 Å². The lowest BCUT2D eigenvalue weighted by atomic mass is 9.69. The first kappa shape index (κ1) is 20.5. The second kappa shape index (κ2) is 10.9. The van der Waals surface area contributed by atoms with Crippen LogP contribution in [-0.2, 0) is 6.42 Å². The fourth-order valence-electron chi connectivity index (χ4n) is 5.41. The minimum absolute atomic E-state index is 0.637. The lowest BCUT2D eigenvalue weighted by molar-refractivity contribution is 0.154. The van der Waals surface area contributed by atoms with Gasteiger partial charge < -0.3 is 0 Å². The van der Waals surface area contributed by atoms with Crippen molar-refractivity contribution in [2.24, 2.45) is 23.7 Å². The molecule has 0 unspecified atom stereocenters. The van der Waals surface area contributed by atoms with Gasteiger partial charge in [-0.3, -0.25) is 0 Å². The molecule has 0 aromatic heterocycles. The van der Waals surface area contributed by atoms with Crippen LogP contribution in [-0.4, -0.2) is 0 Å². The topological polar surface area (TPSA) is 0 Å². The highest BCUT2D eigenvalue weighted by Crippen LogP contribution is 2.42. The number of aryl methyl sites for hydroxylation is 1. The van der Waals surface area contributed by atoms with E-state index in [1.54, 1.807) is 0 Å². The Bertz CT molecular complexity index is 583. The van der Waals surface area contributed by atoms with E-state index in [1.165, 1.54) is 94.6 Å². The summed E-state index contributed by atoms with van der Waals surface area (Å²) in [6.07, 6.45) is 18.2. The van der Waals surface area contributed by atoms with E-state index in [0.717, 1.165) is 17.8 Å². The summed E-state index contributed by atoms with van der Waals surface area (Å²) in [7, 11) is 0. The molecule has 0 amide bonds. The zero-order valence-electron chi connectivity index (χ0n) is 17.8. The van der Waals surface area contributed by atoms with Crippen molar-refractivity contribution in [3.63, 3.8) is 0 Å². The van der Waals surface area contributed by atoms with Gasteiger partial charge in [-0.15, -0.1) is 0 Å². The third kappa shape index (κ3) is 6.41. The standard InChI is InChI=1S/C27H40/c1-3-5-7-23-8-10-24(11-9-23)12-13-25-16-20-27(21-17-25)26-18-14-22(6-4-2)15-19-26/h8-11,22,25-27H,3-7,14-21H2,1-2H3. The van der Waals surface area contributed by atoms with Crippen LogP contribution in [0.1, 0.15) is 102 Å². The van der Waals surface area contributed by atoms with E-state index < -0.39 is 0 Å². The number of unbranched alkanes of at least 4 members (excludes halogenated alkanes) is 1. The zero-order valence-corrected chi connectivity index (χ0v) is 17.8. The lowest BCUT2D eigenvalue weighted by Gasteiger charge is -2.37. The molecule has 0 spiro atoms. The van der Waals surface area contributed by atoms with Crippen molar-refractivity contribution >= 4 is 0 Å². The third-order valence-corrected chi connectivity index (χ3v) is 7.22. The molecule has 0 aliphatic heterocycles. The maximum atomic E-state index is 3.60. The summed E-state index contributed by atoms with van der Waals surface area (Å²) in [4.78, 5) is 0. The number of rotatable bonds is 6. The molecule has 0 radical (unpaired) electrons. The fraction of sp³-hybridized carbons (Fsp3) is 0.704. The van der Waals surface area contributed by atoms with E-state index in [1.807, 2.05) is 0 Å². The highest BCUT2D eigenvalue weighted by molar-refractivity contribution is 5.36. The molecule has 0 heteroatoms. The van der Waals surface area contributed by atoms with Gasteiger partial charge in [0.25, 0.3) is 0 Å². The minimum atomic E-state index is 0.637. The van der Waals surface area contributed by atoms with Gasteiger partial charge in [0.05, 0.1) is 0 Å². The Balaban J connectivity index is 1.42. The summed E-state index contributed by atoms with van der Waals surface area (Å²) in [6.45, 7) is 4.60. The van der Waals surface area contributed by atoms with E-state index in [9.17, 15) is 0 Å². The molecule has 27 heavy (non-hydrogen) atoms. The van der Waals surface area contributed by atoms with Gasteiger partial charge in [-0.1, -0.05) is 69.9 Å². The molecule has 2 fully saturated rings. The molecule has 0 heterocycles. The maximum absolute atomic E-state index is 3.60. The third-order valence-electron chi connectivity index (χ3n) is 7.22. The van der Waals surface area contributed by atoms with Crippen molar-refractivity contribution in [1.29, 1.82) is 0 Å². The maximum Gasteiger partial charge on any atom is 0.0245 e. The van der Waals surface area contributed by atoms with E-state index in [0.29, 0.717) is 5.92 Å². The summed E-state index contributed by atoms with van der Waals surface area (Å²) in [5.41, 5.74) is 2.66. The summed E-state index contributed by atoms with van der Waals surface area (Å²) < 4.78 is 0. The molecule has 0 bridgehead atoms. The van der Waals surface area contributed by atoms with Gasteiger partial charge in [-0.05, 0) is 86.8 Å². The monoisotopic (exact) mass is 364 g/mol. The summed E-state index contributed by atoms with van der Waals surface area (Å²) >= 11 is 0. The largest absolute Gasteiger partial charge is 0.0945 e. The Morgan fingerprint density at radius 2 is 1.41 bits per heavy atom. The van der Waals surface area contributed by atoms with Gasteiger partial charge in [0.1, 0.15) is 0 Å². The Morgan fingerprint density at radius 3 is 2.00 bits per heavy atom. The minimum Gasteiger partial charge on any atom is -0.0945 e. The van der Waals surface area contributed by atoms with Gasteiger partial charge >= 0.3 is 0 Å². The zero-order chi connectivity index (χ0) is 18.9. The van der Waals surface area contributed by atoms with Crippen LogP contribution in [0.3, 0.4) is 0 Å². The molecule has 0 saturated heterocycles. The predicted molar refractivity (Wildman–Crippen MR) is 118 cm³/mol. The Hall–Kier alpha value is -1.22. The summed E-state index contributed by atoms with van der Waals surface area (Å²) in [5, 5.41) is 0. The number of benzene rings is 1. The highest BCUT2D eigenvalue weighted by atomic mass is 14.3. The van der Waals surface area contributed by atoms with Crippen molar-refractivity contribution in [3.8, 4) is 11.8 Å². The van der Waals surface area contributed by atoms with Crippen LogP contribution in [0.2, 0.25) is 0 Å². The van der Waals surface area contributed by atoms with Crippen LogP contribution in [0.5, 0.6) is 0 Å². The Morgan fingerprint density at radius 1 is 0.778 bits per heavy atom. The first-order valence-electron chi connectivity index (χ1n) is 11.9. The van der Waals surface area contributed by atoms with Crippen molar-refractivity contribution in [1.82, 2.24) is 0 Å². The summed E-state index contributed by atoms with van der Waals surface area (Å²) in [5.74, 6) is 10.8. The van der Waals surface area contributed by atoms with Crippen molar-refractivity contribution in [2.75, 3.05) is 0 Å². The van der Waals surface area contributed by atoms with Gasteiger partial charge in [0.15, 0.2) is 0 Å². The Labute approximate surface area is 168 Å². The smallest absolute Gasteiger partial charge is 0.0245 e. The molecule has 1 aromatic rings. The quantitative estimate of drug-likeness (QED) is 0.452. The van der Waals surface area contributed by atoms with Crippen LogP contribution >= 0.6 is 0 Å². The number of hydrogen-bond acceptors (Lipinski definition) is 0. The van der Waals surface area contributed by atoms with Gasteiger partial charge in [-0.25, -0.2) is 0 Å². The second-order valence-corrected chi connectivity index (χ2v) is 9.25. The lowest BCUT2D eigenvalue weighted by Crippen LogP contribution is -2.25. The van der Waals surface area contributed by atoms with Gasteiger partial charge in [0, 0.05) is 11.5 Å². The molecule has 148 valence electrons. The summed E-state index contributed by atoms with van der Waals surface area (Å²) in [6, 6.07) is 8.98. The van der Waals surface area contributed by atoms with Crippen molar-refractivity contribution in [2.45, 2.75) is 97.3 Å². The van der Waals surface area contributed by atoms with Crippen molar-refractivity contribution < 1.29 is 0 Å². The van der Waals surface area contributed by atoms with Crippen molar-refractivity contribution in [3.05, 3.63) is 35.4 Å². The van der Waals surface area contributed by atoms with E-state index in [4.69, 9.17) is 0 Å². The normalized spacial score (nSPS) is 28.4. The second-order valence-electron chi connectivity index (χ2n) is 9.25. The molecular formula is C27H40. The van der Waals surface area contributed by atoms with Crippen LogP contribution in [0, 0.1) is 35.5 Å². The van der Waals surface area contributed by atoms with Crippen LogP contribution in [0.15, 0.2) is 24.3 Å². The molecule has 2 aliphatic carbocycles.